The normalized spacial score (nSPS) is 26.0. The molecule has 3 heterocycles. The van der Waals surface area contributed by atoms with Crippen molar-refractivity contribution in [2.24, 2.45) is 0 Å². The van der Waals surface area contributed by atoms with E-state index in [0.717, 1.165) is 0 Å². The summed E-state index contributed by atoms with van der Waals surface area (Å²) in [6.07, 6.45) is 1.14. The summed E-state index contributed by atoms with van der Waals surface area (Å²) >= 11 is 0. The van der Waals surface area contributed by atoms with Gasteiger partial charge in [0.15, 0.2) is 17.7 Å². The van der Waals surface area contributed by atoms with Gasteiger partial charge in [-0.05, 0) is 0 Å². The molecule has 3 rings (SSSR count). The van der Waals surface area contributed by atoms with Gasteiger partial charge in [0, 0.05) is 6.42 Å². The Bertz CT molecular complexity index is 637. The van der Waals surface area contributed by atoms with Crippen LogP contribution in [-0.2, 0) is 9.26 Å². The summed E-state index contributed by atoms with van der Waals surface area (Å²) in [7, 11) is -2.44. The molecule has 0 spiro atoms. The molecule has 0 amide bonds. The number of hydrogen-bond acceptors (Lipinski definition) is 9. The van der Waals surface area contributed by atoms with Crippen molar-refractivity contribution in [3.05, 3.63) is 12.7 Å². The zero-order chi connectivity index (χ0) is 15.0. The van der Waals surface area contributed by atoms with Crippen molar-refractivity contribution >= 4 is 25.6 Å². The molecular formula is C10H14N5O5P. The van der Waals surface area contributed by atoms with Gasteiger partial charge in [-0.3, -0.25) is 4.57 Å². The fourth-order valence-electron chi connectivity index (χ4n) is 2.29. The number of aliphatic hydroxyl groups is 1. The van der Waals surface area contributed by atoms with Crippen LogP contribution in [0.25, 0.3) is 11.2 Å². The molecule has 21 heavy (non-hydrogen) atoms. The summed E-state index contributed by atoms with van der Waals surface area (Å²) in [5, 5.41) is 10.1. The van der Waals surface area contributed by atoms with Gasteiger partial charge in [-0.1, -0.05) is 0 Å². The first-order valence-corrected chi connectivity index (χ1v) is 7.30. The lowest BCUT2D eigenvalue weighted by Crippen LogP contribution is -2.19. The monoisotopic (exact) mass is 315 g/mol. The van der Waals surface area contributed by atoms with Gasteiger partial charge in [-0.25, -0.2) is 15.0 Å². The third-order valence-electron chi connectivity index (χ3n) is 3.20. The zero-order valence-electron chi connectivity index (χ0n) is 10.8. The number of aromatic nitrogens is 4. The fraction of sp³-hybridized carbons (Fsp3) is 0.500. The first-order valence-electron chi connectivity index (χ1n) is 6.13. The molecule has 1 aliphatic heterocycles. The molecule has 1 saturated heterocycles. The Morgan fingerprint density at radius 3 is 3.00 bits per heavy atom. The number of hydrogen-bond donors (Lipinski definition) is 4. The van der Waals surface area contributed by atoms with E-state index in [2.05, 4.69) is 15.0 Å². The Labute approximate surface area is 120 Å². The third-order valence-corrected chi connectivity index (χ3v) is 3.58. The van der Waals surface area contributed by atoms with Crippen LogP contribution in [0.3, 0.4) is 0 Å². The molecule has 11 heteroatoms. The van der Waals surface area contributed by atoms with Crippen LogP contribution in [0, 0.1) is 0 Å². The number of nitrogen functional groups attached to an aromatic ring is 1. The van der Waals surface area contributed by atoms with Crippen molar-refractivity contribution in [3.63, 3.8) is 0 Å². The van der Waals surface area contributed by atoms with Crippen LogP contribution in [0.4, 0.5) is 5.82 Å². The number of nitrogens with zero attached hydrogens (tertiary/aromatic N) is 4. The van der Waals surface area contributed by atoms with E-state index >= 15 is 0 Å². The molecule has 3 atom stereocenters. The standard InChI is InChI=1S/C10H14N5O5P/c11-8-7-9(13-3-12-8)15(4-14-7)10-6(16)1-5(20-10)2-19-21(17)18/h3-6,10,16-18H,1-2H2,(H2,11,12,13)/t5-,6+,10+/m0/s1. The minimum Gasteiger partial charge on any atom is -0.388 e. The molecule has 2 aromatic rings. The lowest BCUT2D eigenvalue weighted by Gasteiger charge is -2.16. The highest BCUT2D eigenvalue weighted by molar-refractivity contribution is 7.39. The predicted octanol–water partition coefficient (Wildman–Crippen LogP) is -0.715. The molecule has 1 aliphatic rings. The largest absolute Gasteiger partial charge is 0.388 e. The van der Waals surface area contributed by atoms with Gasteiger partial charge in [0.05, 0.1) is 19.0 Å². The van der Waals surface area contributed by atoms with Crippen molar-refractivity contribution in [1.29, 1.82) is 0 Å². The molecule has 5 N–H and O–H groups in total. The average Bonchev–Trinajstić information content (AvgIpc) is 3.01. The van der Waals surface area contributed by atoms with E-state index in [9.17, 15) is 5.11 Å². The van der Waals surface area contributed by atoms with Gasteiger partial charge in [0.2, 0.25) is 0 Å². The van der Waals surface area contributed by atoms with Gasteiger partial charge in [0.1, 0.15) is 17.9 Å². The molecule has 0 aromatic carbocycles. The Morgan fingerprint density at radius 2 is 2.24 bits per heavy atom. The highest BCUT2D eigenvalue weighted by atomic mass is 31.2. The van der Waals surface area contributed by atoms with Crippen LogP contribution in [0.15, 0.2) is 12.7 Å². The molecule has 10 nitrogen and oxygen atoms in total. The molecule has 2 aromatic heterocycles. The quantitative estimate of drug-likeness (QED) is 0.536. The van der Waals surface area contributed by atoms with Crippen molar-refractivity contribution in [2.75, 3.05) is 12.3 Å². The molecular weight excluding hydrogens is 301 g/mol. The van der Waals surface area contributed by atoms with Crippen LogP contribution in [0.1, 0.15) is 12.6 Å². The first-order chi connectivity index (χ1) is 10.1. The number of aliphatic hydroxyl groups excluding tert-OH is 1. The third kappa shape index (κ3) is 2.82. The number of nitrogens with two attached hydrogens (primary N) is 1. The van der Waals surface area contributed by atoms with Gasteiger partial charge < -0.3 is 29.9 Å². The minimum absolute atomic E-state index is 0.0178. The molecule has 114 valence electrons. The fourth-order valence-corrected chi connectivity index (χ4v) is 2.59. The summed E-state index contributed by atoms with van der Waals surface area (Å²) in [5.41, 5.74) is 6.60. The van der Waals surface area contributed by atoms with Gasteiger partial charge >= 0.3 is 8.60 Å². The summed E-state index contributed by atoms with van der Waals surface area (Å²) in [4.78, 5) is 29.5. The lowest BCUT2D eigenvalue weighted by molar-refractivity contribution is -0.0466. The molecule has 0 saturated carbocycles. The first kappa shape index (κ1) is 14.5. The van der Waals surface area contributed by atoms with Crippen molar-refractivity contribution in [3.8, 4) is 0 Å². The SMILES string of the molecule is Nc1ncnc2c1ncn2[C@@H]1O[C@H](COP(O)O)C[C@H]1O. The number of anilines is 1. The Morgan fingerprint density at radius 1 is 1.43 bits per heavy atom. The van der Waals surface area contributed by atoms with Crippen LogP contribution in [0.5, 0.6) is 0 Å². The summed E-state index contributed by atoms with van der Waals surface area (Å²) in [5.74, 6) is 0.248. The minimum atomic E-state index is -2.44. The molecule has 0 radical (unpaired) electrons. The van der Waals surface area contributed by atoms with E-state index in [4.69, 9.17) is 24.8 Å². The zero-order valence-corrected chi connectivity index (χ0v) is 11.7. The van der Waals surface area contributed by atoms with Gasteiger partial charge in [-0.15, -0.1) is 0 Å². The van der Waals surface area contributed by atoms with E-state index in [1.54, 1.807) is 4.57 Å². The van der Waals surface area contributed by atoms with Crippen LogP contribution < -0.4 is 5.73 Å². The predicted molar refractivity (Wildman–Crippen MR) is 71.6 cm³/mol. The second-order valence-electron chi connectivity index (χ2n) is 4.58. The van der Waals surface area contributed by atoms with E-state index in [-0.39, 0.29) is 12.4 Å². The van der Waals surface area contributed by atoms with Crippen LogP contribution in [0.2, 0.25) is 0 Å². The topological polar surface area (TPSA) is 149 Å². The number of rotatable bonds is 4. The summed E-state index contributed by atoms with van der Waals surface area (Å²) in [6.45, 7) is -0.0178. The smallest absolute Gasteiger partial charge is 0.327 e. The van der Waals surface area contributed by atoms with Crippen molar-refractivity contribution in [2.45, 2.75) is 24.9 Å². The lowest BCUT2D eigenvalue weighted by atomic mass is 10.2. The molecule has 1 fully saturated rings. The van der Waals surface area contributed by atoms with Gasteiger partial charge in [-0.2, -0.15) is 0 Å². The molecule has 0 aliphatic carbocycles. The van der Waals surface area contributed by atoms with Crippen LogP contribution >= 0.6 is 8.60 Å². The summed E-state index contributed by atoms with van der Waals surface area (Å²) in [6, 6.07) is 0. The second-order valence-corrected chi connectivity index (χ2v) is 5.35. The molecule has 0 bridgehead atoms. The number of fused-ring (bicyclic) bond motifs is 1. The molecule has 0 unspecified atom stereocenters. The summed E-state index contributed by atoms with van der Waals surface area (Å²) < 4.78 is 11.9. The maximum Gasteiger partial charge on any atom is 0.327 e. The van der Waals surface area contributed by atoms with Crippen molar-refractivity contribution in [1.82, 2.24) is 19.5 Å². The maximum absolute atomic E-state index is 10.1. The van der Waals surface area contributed by atoms with Crippen LogP contribution in [-0.4, -0.2) is 53.2 Å². The van der Waals surface area contributed by atoms with E-state index in [0.29, 0.717) is 17.6 Å². The van der Waals surface area contributed by atoms with Gasteiger partial charge in [0.25, 0.3) is 0 Å². The second kappa shape index (κ2) is 5.76. The highest BCUT2D eigenvalue weighted by Gasteiger charge is 2.36. The van der Waals surface area contributed by atoms with E-state index in [1.807, 2.05) is 0 Å². The highest BCUT2D eigenvalue weighted by Crippen LogP contribution is 2.33. The number of imidazole rings is 1. The van der Waals surface area contributed by atoms with E-state index < -0.39 is 27.0 Å². The number of ether oxygens (including phenoxy) is 1. The Balaban J connectivity index is 1.81. The van der Waals surface area contributed by atoms with E-state index in [1.165, 1.54) is 12.7 Å². The van der Waals surface area contributed by atoms with Crippen molar-refractivity contribution < 1.29 is 24.2 Å². The maximum atomic E-state index is 10.1. The average molecular weight is 315 g/mol. The Hall–Kier alpha value is -1.42. The Kier molecular flexibility index (Phi) is 3.98.